The van der Waals surface area contributed by atoms with Gasteiger partial charge in [0, 0.05) is 11.6 Å². The molecule has 1 aromatic carbocycles. The Morgan fingerprint density at radius 3 is 2.70 bits per heavy atom. The standard InChI is InChI=1S/C16H20Br2FNO3/c1-8(20-15(21)23-16(2,3)4)5-9-6-10(19)7-11-12(17)14(18)22-13(9)11/h6-8,12,14H,5H2,1-4H3,(H,20,21). The molecule has 1 aliphatic heterocycles. The van der Waals surface area contributed by atoms with Crippen molar-refractivity contribution in [2.45, 2.75) is 55.6 Å². The molecule has 0 aliphatic carbocycles. The second kappa shape index (κ2) is 6.97. The molecule has 128 valence electrons. The molecule has 0 spiro atoms. The minimum atomic E-state index is -0.556. The predicted molar refractivity (Wildman–Crippen MR) is 93.9 cm³/mol. The summed E-state index contributed by atoms with van der Waals surface area (Å²) in [6.45, 7) is 7.25. The van der Waals surface area contributed by atoms with E-state index in [1.807, 2.05) is 6.92 Å². The molecular formula is C16H20Br2FNO3. The van der Waals surface area contributed by atoms with E-state index in [-0.39, 0.29) is 21.7 Å². The van der Waals surface area contributed by atoms with E-state index in [2.05, 4.69) is 37.2 Å². The number of rotatable bonds is 3. The van der Waals surface area contributed by atoms with E-state index in [1.54, 1.807) is 20.8 Å². The number of alkyl halides is 2. The quantitative estimate of drug-likeness (QED) is 0.668. The highest BCUT2D eigenvalue weighted by atomic mass is 79.9. The molecule has 23 heavy (non-hydrogen) atoms. The monoisotopic (exact) mass is 451 g/mol. The molecule has 3 unspecified atom stereocenters. The highest BCUT2D eigenvalue weighted by Crippen LogP contribution is 2.46. The zero-order valence-corrected chi connectivity index (χ0v) is 16.6. The number of ether oxygens (including phenoxy) is 2. The van der Waals surface area contributed by atoms with Crippen LogP contribution in [-0.2, 0) is 11.2 Å². The van der Waals surface area contributed by atoms with Crippen LogP contribution in [0.1, 0.15) is 43.6 Å². The van der Waals surface area contributed by atoms with Gasteiger partial charge in [0.1, 0.15) is 17.2 Å². The minimum absolute atomic E-state index is 0.110. The maximum atomic E-state index is 13.9. The summed E-state index contributed by atoms with van der Waals surface area (Å²) >= 11 is 6.88. The van der Waals surface area contributed by atoms with Crippen molar-refractivity contribution < 1.29 is 18.7 Å². The highest BCUT2D eigenvalue weighted by Gasteiger charge is 2.33. The topological polar surface area (TPSA) is 47.6 Å². The van der Waals surface area contributed by atoms with E-state index in [4.69, 9.17) is 9.47 Å². The summed E-state index contributed by atoms with van der Waals surface area (Å²) in [6.07, 6.45) is -0.0469. The van der Waals surface area contributed by atoms with Gasteiger partial charge in [-0.1, -0.05) is 15.9 Å². The molecule has 0 bridgehead atoms. The Labute approximate surface area is 152 Å². The molecule has 1 N–H and O–H groups in total. The second-order valence-electron chi connectivity index (χ2n) is 6.61. The van der Waals surface area contributed by atoms with E-state index in [1.165, 1.54) is 12.1 Å². The molecule has 4 nitrogen and oxygen atoms in total. The van der Waals surface area contributed by atoms with Crippen LogP contribution in [0.4, 0.5) is 9.18 Å². The van der Waals surface area contributed by atoms with Gasteiger partial charge in [0.25, 0.3) is 0 Å². The maximum Gasteiger partial charge on any atom is 0.407 e. The third-order valence-corrected chi connectivity index (χ3v) is 5.60. The number of amides is 1. The fraction of sp³-hybridized carbons (Fsp3) is 0.562. The lowest BCUT2D eigenvalue weighted by Crippen LogP contribution is -2.38. The van der Waals surface area contributed by atoms with Gasteiger partial charge < -0.3 is 14.8 Å². The van der Waals surface area contributed by atoms with Crippen molar-refractivity contribution in [2.24, 2.45) is 0 Å². The van der Waals surface area contributed by atoms with E-state index in [0.29, 0.717) is 12.2 Å². The van der Waals surface area contributed by atoms with Crippen molar-refractivity contribution in [3.05, 3.63) is 29.1 Å². The van der Waals surface area contributed by atoms with Gasteiger partial charge in [-0.15, -0.1) is 0 Å². The summed E-state index contributed by atoms with van der Waals surface area (Å²) in [7, 11) is 0. The van der Waals surface area contributed by atoms with Crippen LogP contribution in [0, 0.1) is 5.82 Å². The molecular weight excluding hydrogens is 433 g/mol. The average Bonchev–Trinajstić information content (AvgIpc) is 2.64. The number of benzene rings is 1. The van der Waals surface area contributed by atoms with Crippen LogP contribution >= 0.6 is 31.9 Å². The Morgan fingerprint density at radius 1 is 1.43 bits per heavy atom. The van der Waals surface area contributed by atoms with Crippen LogP contribution in [0.3, 0.4) is 0 Å². The lowest BCUT2D eigenvalue weighted by atomic mass is 10.0. The number of nitrogens with one attached hydrogen (secondary N) is 1. The Hall–Kier alpha value is -0.820. The molecule has 0 saturated heterocycles. The first kappa shape index (κ1) is 18.5. The van der Waals surface area contributed by atoms with Gasteiger partial charge in [-0.25, -0.2) is 9.18 Å². The number of carbonyl (C=O) groups excluding carboxylic acids is 1. The van der Waals surface area contributed by atoms with Gasteiger partial charge in [0.15, 0.2) is 5.01 Å². The van der Waals surface area contributed by atoms with E-state index >= 15 is 0 Å². The molecule has 7 heteroatoms. The number of carbonyl (C=O) groups is 1. The molecule has 0 fully saturated rings. The highest BCUT2D eigenvalue weighted by molar-refractivity contribution is 9.12. The van der Waals surface area contributed by atoms with E-state index in [0.717, 1.165) is 11.1 Å². The van der Waals surface area contributed by atoms with Crippen molar-refractivity contribution >= 4 is 38.0 Å². The molecule has 1 heterocycles. The number of fused-ring (bicyclic) bond motifs is 1. The zero-order chi connectivity index (χ0) is 17.4. The fourth-order valence-electron chi connectivity index (χ4n) is 2.38. The first-order chi connectivity index (χ1) is 10.6. The smallest absolute Gasteiger partial charge is 0.407 e. The van der Waals surface area contributed by atoms with Crippen molar-refractivity contribution in [1.82, 2.24) is 5.32 Å². The lowest BCUT2D eigenvalue weighted by Gasteiger charge is -2.22. The number of hydrogen-bond acceptors (Lipinski definition) is 3. The number of hydrogen-bond donors (Lipinski definition) is 1. The van der Waals surface area contributed by atoms with Gasteiger partial charge in [0.2, 0.25) is 0 Å². The summed E-state index contributed by atoms with van der Waals surface area (Å²) in [5.74, 6) is 0.339. The van der Waals surface area contributed by atoms with Gasteiger partial charge in [0.05, 0.1) is 4.83 Å². The SMILES string of the molecule is CC(Cc1cc(F)cc2c1OC(Br)C2Br)NC(=O)OC(C)(C)C. The summed E-state index contributed by atoms with van der Waals surface area (Å²) < 4.78 is 24.8. The van der Waals surface area contributed by atoms with Gasteiger partial charge >= 0.3 is 6.09 Å². The molecule has 0 radical (unpaired) electrons. The third kappa shape index (κ3) is 4.83. The molecule has 2 rings (SSSR count). The van der Waals surface area contributed by atoms with Crippen LogP contribution in [-0.4, -0.2) is 22.7 Å². The zero-order valence-electron chi connectivity index (χ0n) is 13.5. The summed E-state index contributed by atoms with van der Waals surface area (Å²) in [6, 6.07) is 2.69. The Balaban J connectivity index is 2.09. The predicted octanol–water partition coefficient (Wildman–Crippen LogP) is 4.83. The summed E-state index contributed by atoms with van der Waals surface area (Å²) in [5.41, 5.74) is 0.931. The van der Waals surface area contributed by atoms with Crippen molar-refractivity contribution in [3.8, 4) is 5.75 Å². The maximum absolute atomic E-state index is 13.9. The van der Waals surface area contributed by atoms with Crippen LogP contribution in [0.2, 0.25) is 0 Å². The molecule has 1 aliphatic rings. The van der Waals surface area contributed by atoms with Gasteiger partial charge in [-0.05, 0) is 67.7 Å². The van der Waals surface area contributed by atoms with Crippen LogP contribution in [0.5, 0.6) is 5.75 Å². The first-order valence-electron chi connectivity index (χ1n) is 7.33. The van der Waals surface area contributed by atoms with Crippen LogP contribution in [0.25, 0.3) is 0 Å². The Morgan fingerprint density at radius 2 is 2.09 bits per heavy atom. The third-order valence-electron chi connectivity index (χ3n) is 3.21. The largest absolute Gasteiger partial charge is 0.477 e. The van der Waals surface area contributed by atoms with Crippen molar-refractivity contribution in [2.75, 3.05) is 0 Å². The second-order valence-corrected chi connectivity index (χ2v) is 8.49. The number of alkyl carbamates (subject to hydrolysis) is 1. The van der Waals surface area contributed by atoms with Gasteiger partial charge in [-0.2, -0.15) is 0 Å². The minimum Gasteiger partial charge on any atom is -0.477 e. The summed E-state index contributed by atoms with van der Waals surface area (Å²) in [5, 5.41) is 2.51. The molecule has 1 aromatic rings. The molecule has 0 aromatic heterocycles. The molecule has 3 atom stereocenters. The van der Waals surface area contributed by atoms with Crippen molar-refractivity contribution in [1.29, 1.82) is 0 Å². The first-order valence-corrected chi connectivity index (χ1v) is 9.16. The van der Waals surface area contributed by atoms with Gasteiger partial charge in [-0.3, -0.25) is 0 Å². The van der Waals surface area contributed by atoms with Crippen LogP contribution in [0.15, 0.2) is 12.1 Å². The van der Waals surface area contributed by atoms with Crippen molar-refractivity contribution in [3.63, 3.8) is 0 Å². The summed E-state index contributed by atoms with van der Waals surface area (Å²) in [4.78, 5) is 11.7. The Kier molecular flexibility index (Phi) is 5.61. The normalized spacial score (nSPS) is 21.3. The van der Waals surface area contributed by atoms with E-state index < -0.39 is 11.7 Å². The average molecular weight is 453 g/mol. The number of halogens is 3. The Bertz CT molecular complexity index is 604. The lowest BCUT2D eigenvalue weighted by molar-refractivity contribution is 0.0508. The van der Waals surface area contributed by atoms with Crippen LogP contribution < -0.4 is 10.1 Å². The van der Waals surface area contributed by atoms with E-state index in [9.17, 15) is 9.18 Å². The molecule has 1 amide bonds. The fourth-order valence-corrected chi connectivity index (χ4v) is 3.30. The molecule has 0 saturated carbocycles.